The molecule has 10 heteroatoms. The number of ether oxygens (including phenoxy) is 1. The Morgan fingerprint density at radius 2 is 2.12 bits per heavy atom. The van der Waals surface area contributed by atoms with Crippen molar-refractivity contribution in [3.05, 3.63) is 22.8 Å². The molecule has 2 N–H and O–H groups in total. The first kappa shape index (κ1) is 19.3. The first-order chi connectivity index (χ1) is 11.6. The highest BCUT2D eigenvalue weighted by molar-refractivity contribution is 6.32. The summed E-state index contributed by atoms with van der Waals surface area (Å²) in [5.41, 5.74) is 5.41. The van der Waals surface area contributed by atoms with E-state index in [1.807, 2.05) is 6.92 Å². The summed E-state index contributed by atoms with van der Waals surface area (Å²) in [4.78, 5) is 29.1. The van der Waals surface area contributed by atoms with Gasteiger partial charge in [-0.3, -0.25) is 9.59 Å². The second kappa shape index (κ2) is 7.47. The van der Waals surface area contributed by atoms with Crippen LogP contribution in [0.1, 0.15) is 30.1 Å². The zero-order chi connectivity index (χ0) is 18.8. The molecule has 1 aromatic rings. The van der Waals surface area contributed by atoms with Crippen LogP contribution in [0.2, 0.25) is 5.02 Å². The smallest absolute Gasteiger partial charge is 0.422 e. The predicted molar refractivity (Wildman–Crippen MR) is 83.2 cm³/mol. The van der Waals surface area contributed by atoms with Crippen molar-refractivity contribution in [2.45, 2.75) is 32.0 Å². The highest BCUT2D eigenvalue weighted by Gasteiger charge is 2.33. The van der Waals surface area contributed by atoms with Crippen LogP contribution in [0.3, 0.4) is 0 Å². The summed E-state index contributed by atoms with van der Waals surface area (Å²) in [6, 6.07) is 1.09. The van der Waals surface area contributed by atoms with Gasteiger partial charge in [0.1, 0.15) is 5.02 Å². The number of carbonyl (C=O) groups excluding carboxylic acids is 2. The molecule has 2 atom stereocenters. The molecule has 0 aliphatic carbocycles. The van der Waals surface area contributed by atoms with Gasteiger partial charge in [-0.1, -0.05) is 11.6 Å². The minimum absolute atomic E-state index is 0.0985. The number of carbonyl (C=O) groups is 2. The van der Waals surface area contributed by atoms with Crippen molar-refractivity contribution in [2.24, 2.45) is 11.7 Å². The van der Waals surface area contributed by atoms with Crippen molar-refractivity contribution in [1.29, 1.82) is 0 Å². The number of likely N-dealkylation sites (tertiary alicyclic amines) is 1. The summed E-state index contributed by atoms with van der Waals surface area (Å²) in [6.45, 7) is 0.487. The second-order valence-corrected chi connectivity index (χ2v) is 6.31. The largest absolute Gasteiger partial charge is 0.467 e. The monoisotopic (exact) mass is 379 g/mol. The Morgan fingerprint density at radius 1 is 1.44 bits per heavy atom. The normalized spacial score (nSPS) is 21.1. The second-order valence-electron chi connectivity index (χ2n) is 5.90. The molecule has 0 unspecified atom stereocenters. The van der Waals surface area contributed by atoms with Crippen molar-refractivity contribution in [2.75, 3.05) is 13.2 Å². The van der Waals surface area contributed by atoms with E-state index in [2.05, 4.69) is 9.72 Å². The van der Waals surface area contributed by atoms with E-state index in [0.717, 1.165) is 6.20 Å². The summed E-state index contributed by atoms with van der Waals surface area (Å²) in [7, 11) is 0. The maximum Gasteiger partial charge on any atom is 0.422 e. The van der Waals surface area contributed by atoms with E-state index in [4.69, 9.17) is 17.3 Å². The number of pyridine rings is 1. The predicted octanol–water partition coefficient (Wildman–Crippen LogP) is 2.40. The van der Waals surface area contributed by atoms with Gasteiger partial charge in [0.05, 0.1) is 11.5 Å². The number of aromatic nitrogens is 1. The number of halogens is 4. The number of primary amides is 1. The van der Waals surface area contributed by atoms with Crippen LogP contribution in [0.25, 0.3) is 0 Å². The van der Waals surface area contributed by atoms with E-state index in [1.54, 1.807) is 0 Å². The minimum atomic E-state index is -4.52. The molecule has 1 saturated heterocycles. The molecule has 0 spiro atoms. The summed E-state index contributed by atoms with van der Waals surface area (Å²) < 4.78 is 41.0. The molecule has 1 fully saturated rings. The molecular formula is C15H17ClF3N3O3. The van der Waals surface area contributed by atoms with E-state index >= 15 is 0 Å². The van der Waals surface area contributed by atoms with Gasteiger partial charge in [0, 0.05) is 18.8 Å². The highest BCUT2D eigenvalue weighted by atomic mass is 35.5. The van der Waals surface area contributed by atoms with Crippen molar-refractivity contribution in [1.82, 2.24) is 9.88 Å². The average molecular weight is 380 g/mol. The van der Waals surface area contributed by atoms with Crippen LogP contribution >= 0.6 is 11.6 Å². The summed E-state index contributed by atoms with van der Waals surface area (Å²) >= 11 is 5.86. The Morgan fingerprint density at radius 3 is 2.68 bits per heavy atom. The Balaban J connectivity index is 2.13. The van der Waals surface area contributed by atoms with Crippen molar-refractivity contribution in [3.8, 4) is 5.88 Å². The van der Waals surface area contributed by atoms with Gasteiger partial charge < -0.3 is 15.4 Å². The average Bonchev–Trinajstić information content (AvgIpc) is 2.52. The van der Waals surface area contributed by atoms with Crippen LogP contribution in [-0.4, -0.2) is 47.1 Å². The fourth-order valence-electron chi connectivity index (χ4n) is 2.59. The van der Waals surface area contributed by atoms with Crippen molar-refractivity contribution >= 4 is 23.4 Å². The van der Waals surface area contributed by atoms with Crippen LogP contribution in [-0.2, 0) is 4.79 Å². The Bertz CT molecular complexity index is 669. The Hall–Kier alpha value is -2.03. The molecule has 2 heterocycles. The third-order valence-corrected chi connectivity index (χ3v) is 4.24. The van der Waals surface area contributed by atoms with E-state index in [-0.39, 0.29) is 23.2 Å². The van der Waals surface area contributed by atoms with Gasteiger partial charge in [0.15, 0.2) is 6.61 Å². The molecule has 1 aromatic heterocycles. The van der Waals surface area contributed by atoms with Gasteiger partial charge in [0.2, 0.25) is 11.8 Å². The number of alkyl halides is 3. The molecule has 0 aromatic carbocycles. The number of nitrogens with zero attached hydrogens (tertiary/aromatic N) is 2. The van der Waals surface area contributed by atoms with Gasteiger partial charge in [-0.25, -0.2) is 4.98 Å². The molecule has 2 rings (SSSR count). The standard InChI is InChI=1S/C15H17ClF3N3O3/c1-8-2-3-9(12(20)23)6-22(8)14(24)10-4-11(16)13(21-5-10)25-7-15(17,18)19/h4-5,8-9H,2-3,6-7H2,1H3,(H2,20,23)/t8-,9+/m1/s1. The van der Waals surface area contributed by atoms with Crippen LogP contribution in [0, 0.1) is 5.92 Å². The van der Waals surface area contributed by atoms with Crippen molar-refractivity contribution in [3.63, 3.8) is 0 Å². The maximum absolute atomic E-state index is 12.6. The molecule has 6 nitrogen and oxygen atoms in total. The maximum atomic E-state index is 12.6. The molecule has 0 radical (unpaired) electrons. The summed E-state index contributed by atoms with van der Waals surface area (Å²) in [5, 5.41) is -0.203. The lowest BCUT2D eigenvalue weighted by atomic mass is 9.92. The molecule has 138 valence electrons. The van der Waals surface area contributed by atoms with E-state index in [9.17, 15) is 22.8 Å². The number of piperidine rings is 1. The Labute approximate surface area is 147 Å². The van der Waals surface area contributed by atoms with Crippen LogP contribution in [0.5, 0.6) is 5.88 Å². The lowest BCUT2D eigenvalue weighted by molar-refractivity contribution is -0.154. The number of rotatable bonds is 4. The van der Waals surface area contributed by atoms with Gasteiger partial charge in [-0.15, -0.1) is 0 Å². The molecule has 0 saturated carbocycles. The first-order valence-electron chi connectivity index (χ1n) is 7.54. The fraction of sp³-hybridized carbons (Fsp3) is 0.533. The topological polar surface area (TPSA) is 85.5 Å². The third kappa shape index (κ3) is 4.97. The molecule has 1 aliphatic rings. The number of amides is 2. The molecule has 2 amide bonds. The SMILES string of the molecule is C[C@@H]1CC[C@H](C(N)=O)CN1C(=O)c1cnc(OCC(F)(F)F)c(Cl)c1. The van der Waals surface area contributed by atoms with Gasteiger partial charge in [0.25, 0.3) is 5.91 Å². The number of hydrogen-bond acceptors (Lipinski definition) is 4. The van der Waals surface area contributed by atoms with E-state index < -0.39 is 36.4 Å². The third-order valence-electron chi connectivity index (χ3n) is 3.97. The summed E-state index contributed by atoms with van der Waals surface area (Å²) in [6.07, 6.45) is -2.20. The lowest BCUT2D eigenvalue weighted by Gasteiger charge is -2.36. The number of hydrogen-bond donors (Lipinski definition) is 1. The van der Waals surface area contributed by atoms with Crippen LogP contribution in [0.4, 0.5) is 13.2 Å². The Kier molecular flexibility index (Phi) is 5.76. The van der Waals surface area contributed by atoms with Gasteiger partial charge in [-0.05, 0) is 25.8 Å². The van der Waals surface area contributed by atoms with Crippen molar-refractivity contribution < 1.29 is 27.5 Å². The lowest BCUT2D eigenvalue weighted by Crippen LogP contribution is -2.48. The van der Waals surface area contributed by atoms with Gasteiger partial charge >= 0.3 is 6.18 Å². The van der Waals surface area contributed by atoms with Gasteiger partial charge in [-0.2, -0.15) is 13.2 Å². The highest BCUT2D eigenvalue weighted by Crippen LogP contribution is 2.28. The molecule has 0 bridgehead atoms. The minimum Gasteiger partial charge on any atom is -0.467 e. The number of nitrogens with two attached hydrogens (primary N) is 1. The van der Waals surface area contributed by atoms with E-state index in [0.29, 0.717) is 12.8 Å². The molecule has 25 heavy (non-hydrogen) atoms. The summed E-state index contributed by atoms with van der Waals surface area (Å²) in [5.74, 6) is -1.73. The quantitative estimate of drug-likeness (QED) is 0.870. The van der Waals surface area contributed by atoms with Crippen LogP contribution < -0.4 is 10.5 Å². The zero-order valence-corrected chi connectivity index (χ0v) is 14.1. The van der Waals surface area contributed by atoms with E-state index in [1.165, 1.54) is 11.0 Å². The zero-order valence-electron chi connectivity index (χ0n) is 13.3. The fourth-order valence-corrected chi connectivity index (χ4v) is 2.81. The molecule has 1 aliphatic heterocycles. The first-order valence-corrected chi connectivity index (χ1v) is 7.91. The van der Waals surface area contributed by atoms with Crippen LogP contribution in [0.15, 0.2) is 12.3 Å². The molecular weight excluding hydrogens is 363 g/mol.